The van der Waals surface area contributed by atoms with Gasteiger partial charge in [0.05, 0.1) is 28.7 Å². The Morgan fingerprint density at radius 3 is 2.69 bits per heavy atom. The van der Waals surface area contributed by atoms with Crippen LogP contribution >= 0.6 is 0 Å². The highest BCUT2D eigenvalue weighted by atomic mass is 16.7. The quantitative estimate of drug-likeness (QED) is 0.669. The average molecular weight is 440 g/mol. The Morgan fingerprint density at radius 1 is 1.19 bits per heavy atom. The van der Waals surface area contributed by atoms with E-state index in [4.69, 9.17) is 14.6 Å². The van der Waals surface area contributed by atoms with E-state index in [-0.39, 0.29) is 5.60 Å². The summed E-state index contributed by atoms with van der Waals surface area (Å²) in [5.74, 6) is 0.640. The first-order valence-corrected chi connectivity index (χ1v) is 12.5. The van der Waals surface area contributed by atoms with Gasteiger partial charge in [-0.1, -0.05) is 24.4 Å². The molecule has 0 amide bonds. The van der Waals surface area contributed by atoms with Gasteiger partial charge in [0, 0.05) is 38.3 Å². The van der Waals surface area contributed by atoms with Gasteiger partial charge in [-0.3, -0.25) is 0 Å². The molecule has 1 spiro atoms. The molecule has 0 unspecified atom stereocenters. The lowest BCUT2D eigenvalue weighted by Crippen LogP contribution is -2.35. The van der Waals surface area contributed by atoms with E-state index in [1.807, 2.05) is 10.9 Å². The average Bonchev–Trinajstić information content (AvgIpc) is 3.40. The predicted octanol–water partition coefficient (Wildman–Crippen LogP) is 5.20. The molecular formula is C25H37N5O2. The molecule has 1 aliphatic heterocycles. The maximum absolute atomic E-state index is 6.18. The van der Waals surface area contributed by atoms with Gasteiger partial charge in [-0.25, -0.2) is 9.67 Å². The van der Waals surface area contributed by atoms with Gasteiger partial charge in [-0.05, 0) is 58.3 Å². The zero-order chi connectivity index (χ0) is 22.1. The number of hydrogen-bond donors (Lipinski definition) is 1. The minimum Gasteiger partial charge on any atom is -0.389 e. The minimum atomic E-state index is -0.156. The first-order chi connectivity index (χ1) is 15.6. The van der Waals surface area contributed by atoms with E-state index < -0.39 is 0 Å². The summed E-state index contributed by atoms with van der Waals surface area (Å²) >= 11 is 0. The Bertz CT molecular complexity index is 984. The molecule has 7 nitrogen and oxygen atoms in total. The molecule has 2 aromatic rings. The molecule has 0 saturated heterocycles. The van der Waals surface area contributed by atoms with Crippen molar-refractivity contribution in [1.82, 2.24) is 14.8 Å². The molecule has 1 N–H and O–H groups in total. The lowest BCUT2D eigenvalue weighted by molar-refractivity contribution is -0.0599. The van der Waals surface area contributed by atoms with Crippen LogP contribution in [0.25, 0.3) is 11.0 Å². The summed E-state index contributed by atoms with van der Waals surface area (Å²) in [6.07, 6.45) is 13.6. The third-order valence-corrected chi connectivity index (χ3v) is 7.77. The number of aryl methyl sites for hydroxylation is 2. The zero-order valence-corrected chi connectivity index (χ0v) is 19.8. The normalized spacial score (nSPS) is 26.5. The van der Waals surface area contributed by atoms with Crippen molar-refractivity contribution >= 4 is 22.4 Å². The second kappa shape index (κ2) is 9.00. The van der Waals surface area contributed by atoms with Crippen molar-refractivity contribution in [3.8, 4) is 0 Å². The molecule has 0 radical (unpaired) electrons. The Labute approximate surface area is 190 Å². The van der Waals surface area contributed by atoms with E-state index in [1.54, 1.807) is 7.11 Å². The highest BCUT2D eigenvalue weighted by Crippen LogP contribution is 2.43. The largest absolute Gasteiger partial charge is 0.389 e. The fourth-order valence-corrected chi connectivity index (χ4v) is 5.92. The van der Waals surface area contributed by atoms with Crippen LogP contribution in [-0.4, -0.2) is 45.8 Å². The van der Waals surface area contributed by atoms with Crippen LogP contribution in [-0.2, 0) is 16.1 Å². The topological polar surface area (TPSA) is 73.6 Å². The molecule has 2 fully saturated rings. The van der Waals surface area contributed by atoms with E-state index in [2.05, 4.69) is 29.4 Å². The summed E-state index contributed by atoms with van der Waals surface area (Å²) in [5.41, 5.74) is 5.15. The molecule has 0 aromatic carbocycles. The first-order valence-electron chi connectivity index (χ1n) is 12.5. The number of pyridine rings is 1. The van der Waals surface area contributed by atoms with E-state index in [0.717, 1.165) is 78.9 Å². The number of oxime groups is 1. The Hall–Kier alpha value is -2.15. The van der Waals surface area contributed by atoms with Crippen molar-refractivity contribution in [2.75, 3.05) is 19.0 Å². The van der Waals surface area contributed by atoms with Crippen molar-refractivity contribution in [1.29, 1.82) is 0 Å². The van der Waals surface area contributed by atoms with Crippen LogP contribution in [0, 0.1) is 12.8 Å². The van der Waals surface area contributed by atoms with Gasteiger partial charge in [0.25, 0.3) is 0 Å². The number of methoxy groups -OCH3 is 1. The van der Waals surface area contributed by atoms with Crippen LogP contribution in [0.15, 0.2) is 11.4 Å². The molecule has 3 aliphatic rings. The van der Waals surface area contributed by atoms with Gasteiger partial charge in [0.15, 0.2) is 5.65 Å². The molecule has 7 heteroatoms. The molecule has 2 aliphatic carbocycles. The van der Waals surface area contributed by atoms with Crippen LogP contribution in [0.5, 0.6) is 0 Å². The highest BCUT2D eigenvalue weighted by molar-refractivity contribution is 6.11. The summed E-state index contributed by atoms with van der Waals surface area (Å²) in [6.45, 7) is 5.88. The lowest BCUT2D eigenvalue weighted by atomic mass is 9.76. The molecule has 174 valence electrons. The Balaban J connectivity index is 1.47. The summed E-state index contributed by atoms with van der Waals surface area (Å²) in [6, 6.07) is 0.499. The van der Waals surface area contributed by atoms with Crippen LogP contribution in [0.2, 0.25) is 0 Å². The molecule has 32 heavy (non-hydrogen) atoms. The van der Waals surface area contributed by atoms with Gasteiger partial charge in [-0.15, -0.1) is 0 Å². The number of aromatic nitrogens is 3. The van der Waals surface area contributed by atoms with Gasteiger partial charge in [0.2, 0.25) is 0 Å². The van der Waals surface area contributed by atoms with Crippen molar-refractivity contribution in [2.24, 2.45) is 11.1 Å². The number of rotatable bonds is 6. The summed E-state index contributed by atoms with van der Waals surface area (Å²) in [4.78, 5) is 11.2. The van der Waals surface area contributed by atoms with Crippen LogP contribution in [0.4, 0.5) is 5.69 Å². The van der Waals surface area contributed by atoms with Crippen molar-refractivity contribution in [3.63, 3.8) is 0 Å². The maximum Gasteiger partial charge on any atom is 0.160 e. The minimum absolute atomic E-state index is 0.156. The lowest BCUT2D eigenvalue weighted by Gasteiger charge is -2.34. The molecular weight excluding hydrogens is 402 g/mol. The van der Waals surface area contributed by atoms with Crippen LogP contribution in [0.3, 0.4) is 0 Å². The van der Waals surface area contributed by atoms with Gasteiger partial charge in [0.1, 0.15) is 5.60 Å². The smallest absolute Gasteiger partial charge is 0.160 e. The maximum atomic E-state index is 6.18. The summed E-state index contributed by atoms with van der Waals surface area (Å²) in [5, 5.41) is 14.3. The van der Waals surface area contributed by atoms with E-state index in [1.165, 1.54) is 32.1 Å². The van der Waals surface area contributed by atoms with Crippen molar-refractivity contribution < 1.29 is 9.57 Å². The zero-order valence-electron chi connectivity index (χ0n) is 19.8. The molecule has 3 heterocycles. The molecule has 5 rings (SSSR count). The van der Waals surface area contributed by atoms with Gasteiger partial charge >= 0.3 is 0 Å². The van der Waals surface area contributed by atoms with E-state index in [9.17, 15) is 0 Å². The predicted molar refractivity (Wildman–Crippen MR) is 127 cm³/mol. The second-order valence-corrected chi connectivity index (χ2v) is 10.0. The number of nitrogens with one attached hydrogen (secondary N) is 1. The molecule has 0 atom stereocenters. The summed E-state index contributed by atoms with van der Waals surface area (Å²) < 4.78 is 7.37. The van der Waals surface area contributed by atoms with Crippen molar-refractivity contribution in [2.45, 2.75) is 96.2 Å². The fraction of sp³-hybridized carbons (Fsp3) is 0.720. The Morgan fingerprint density at radius 2 is 1.97 bits per heavy atom. The first kappa shape index (κ1) is 21.7. The molecule has 2 aromatic heterocycles. The van der Waals surface area contributed by atoms with E-state index in [0.29, 0.717) is 12.0 Å². The number of nitrogens with zero attached hydrogens (tertiary/aromatic N) is 4. The Kier molecular flexibility index (Phi) is 6.10. The van der Waals surface area contributed by atoms with Gasteiger partial charge < -0.3 is 14.9 Å². The monoisotopic (exact) mass is 439 g/mol. The SMILES string of the molecule is CCn1ncc2c(NC3CCCCC3)c(C3=NO[C@]4(CC[C@@H](COC)CC4)C3)c(C)nc21. The number of fused-ring (bicyclic) bond motifs is 1. The second-order valence-electron chi connectivity index (χ2n) is 10.0. The third-order valence-electron chi connectivity index (χ3n) is 7.77. The number of hydrogen-bond acceptors (Lipinski definition) is 6. The number of ether oxygens (including phenoxy) is 1. The number of anilines is 1. The van der Waals surface area contributed by atoms with E-state index >= 15 is 0 Å². The van der Waals surface area contributed by atoms with Crippen LogP contribution < -0.4 is 5.32 Å². The molecule has 2 saturated carbocycles. The molecule has 0 bridgehead atoms. The standard InChI is InChI=1S/C25H37N5O2/c1-4-30-24-20(15-26-30)23(28-19-8-6-5-7-9-19)22(17(2)27-24)21-14-25(32-29-21)12-10-18(11-13-25)16-31-3/h15,18-19H,4-14,16H2,1-3H3,(H,27,28)/t18-,25+. The van der Waals surface area contributed by atoms with Crippen molar-refractivity contribution in [3.05, 3.63) is 17.5 Å². The third kappa shape index (κ3) is 4.00. The highest BCUT2D eigenvalue weighted by Gasteiger charge is 2.43. The van der Waals surface area contributed by atoms with Gasteiger partial charge in [-0.2, -0.15) is 5.10 Å². The fourth-order valence-electron chi connectivity index (χ4n) is 5.92. The summed E-state index contributed by atoms with van der Waals surface area (Å²) in [7, 11) is 1.80. The van der Waals surface area contributed by atoms with Crippen LogP contribution in [0.1, 0.15) is 82.4 Å².